The third-order valence-electron chi connectivity index (χ3n) is 6.90. The highest BCUT2D eigenvalue weighted by Gasteiger charge is 2.25. The van der Waals surface area contributed by atoms with Crippen molar-refractivity contribution < 1.29 is 21.9 Å². The van der Waals surface area contributed by atoms with Crippen molar-refractivity contribution in [2.75, 3.05) is 6.79 Å². The maximum atomic E-state index is 11.3. The predicted molar refractivity (Wildman–Crippen MR) is 146 cm³/mol. The molecule has 4 aromatic rings. The van der Waals surface area contributed by atoms with Gasteiger partial charge in [0.15, 0.2) is 0 Å². The van der Waals surface area contributed by atoms with Gasteiger partial charge in [-0.25, -0.2) is 4.18 Å². The fraction of sp³-hybridized carbons (Fsp3) is 0.226. The summed E-state index contributed by atoms with van der Waals surface area (Å²) >= 11 is 0. The molecule has 0 fully saturated rings. The van der Waals surface area contributed by atoms with Gasteiger partial charge in [0.1, 0.15) is 5.75 Å². The molecule has 5 nitrogen and oxygen atoms in total. The van der Waals surface area contributed by atoms with Gasteiger partial charge in [0.25, 0.3) is 0 Å². The molecule has 0 aromatic heterocycles. The number of hydrogen-bond donors (Lipinski definition) is 1. The first-order chi connectivity index (χ1) is 17.7. The normalized spacial score (nSPS) is 14.1. The summed E-state index contributed by atoms with van der Waals surface area (Å²) < 4.78 is 42.2. The Hall–Kier alpha value is -3.45. The lowest BCUT2D eigenvalue weighted by atomic mass is 9.81. The van der Waals surface area contributed by atoms with Crippen molar-refractivity contribution in [2.24, 2.45) is 0 Å². The molecule has 0 spiro atoms. The van der Waals surface area contributed by atoms with Gasteiger partial charge >= 0.3 is 10.4 Å². The second kappa shape index (κ2) is 11.7. The van der Waals surface area contributed by atoms with Crippen LogP contribution in [0, 0.1) is 0 Å². The highest BCUT2D eigenvalue weighted by molar-refractivity contribution is 7.80. The standard InChI is InChI=1S/C31H32O5S/c1-22(25-13-7-4-8-14-25)28-19-29(23(2)26-15-9-5-10-16-26)31(35-21-36-37(32,33)34)30(20-28)24(3)27-17-11-6-12-18-27/h4-20,22-24H,21H2,1-3H3,(H,32,33,34). The van der Waals surface area contributed by atoms with E-state index in [9.17, 15) is 8.42 Å². The second-order valence-electron chi connectivity index (χ2n) is 9.23. The molecule has 0 saturated heterocycles. The minimum atomic E-state index is -4.65. The lowest BCUT2D eigenvalue weighted by Crippen LogP contribution is -2.14. The molecule has 0 aliphatic carbocycles. The Morgan fingerprint density at radius 2 is 1.00 bits per heavy atom. The molecule has 37 heavy (non-hydrogen) atoms. The molecule has 6 heteroatoms. The summed E-state index contributed by atoms with van der Waals surface area (Å²) in [6, 6.07) is 34.8. The predicted octanol–water partition coefficient (Wildman–Crippen LogP) is 7.30. The van der Waals surface area contributed by atoms with Crippen LogP contribution in [0.1, 0.15) is 71.9 Å². The first kappa shape index (κ1) is 26.6. The van der Waals surface area contributed by atoms with Gasteiger partial charge in [-0.3, -0.25) is 4.55 Å². The summed E-state index contributed by atoms with van der Waals surface area (Å²) in [7, 11) is -4.65. The maximum absolute atomic E-state index is 11.3. The zero-order chi connectivity index (χ0) is 26.4. The largest absolute Gasteiger partial charge is 0.466 e. The molecular formula is C31H32O5S. The van der Waals surface area contributed by atoms with Gasteiger partial charge in [0.2, 0.25) is 6.79 Å². The van der Waals surface area contributed by atoms with Gasteiger partial charge in [0, 0.05) is 28.9 Å². The summed E-state index contributed by atoms with van der Waals surface area (Å²) in [5.74, 6) is 0.575. The summed E-state index contributed by atoms with van der Waals surface area (Å²) in [6.07, 6.45) is 0. The van der Waals surface area contributed by atoms with Gasteiger partial charge in [-0.05, 0) is 22.3 Å². The van der Waals surface area contributed by atoms with E-state index < -0.39 is 17.2 Å². The number of hydrogen-bond acceptors (Lipinski definition) is 4. The first-order valence-electron chi connectivity index (χ1n) is 12.3. The molecule has 4 rings (SSSR count). The molecule has 0 heterocycles. The highest BCUT2D eigenvalue weighted by atomic mass is 32.3. The van der Waals surface area contributed by atoms with Crippen LogP contribution >= 0.6 is 0 Å². The summed E-state index contributed by atoms with van der Waals surface area (Å²) in [4.78, 5) is 0. The summed E-state index contributed by atoms with van der Waals surface area (Å²) in [5.41, 5.74) is 6.37. The monoisotopic (exact) mass is 516 g/mol. The molecule has 3 unspecified atom stereocenters. The van der Waals surface area contributed by atoms with E-state index >= 15 is 0 Å². The Labute approximate surface area is 219 Å². The van der Waals surface area contributed by atoms with E-state index in [0.29, 0.717) is 5.75 Å². The lowest BCUT2D eigenvalue weighted by Gasteiger charge is -2.26. The van der Waals surface area contributed by atoms with Gasteiger partial charge in [-0.15, -0.1) is 0 Å². The topological polar surface area (TPSA) is 72.8 Å². The number of rotatable bonds is 10. The molecule has 1 N–H and O–H groups in total. The molecule has 0 aliphatic rings. The van der Waals surface area contributed by atoms with Crippen LogP contribution in [0.4, 0.5) is 0 Å². The molecule has 0 amide bonds. The van der Waals surface area contributed by atoms with Gasteiger partial charge in [-0.1, -0.05) is 124 Å². The van der Waals surface area contributed by atoms with Crippen molar-refractivity contribution >= 4 is 10.4 Å². The third-order valence-corrected chi connectivity index (χ3v) is 7.29. The third kappa shape index (κ3) is 6.66. The molecule has 192 valence electrons. The maximum Gasteiger partial charge on any atom is 0.400 e. The quantitative estimate of drug-likeness (QED) is 0.177. The van der Waals surface area contributed by atoms with Gasteiger partial charge < -0.3 is 4.74 Å². The molecular weight excluding hydrogens is 484 g/mol. The van der Waals surface area contributed by atoms with Crippen molar-refractivity contribution in [2.45, 2.75) is 38.5 Å². The van der Waals surface area contributed by atoms with E-state index in [1.165, 1.54) is 5.56 Å². The van der Waals surface area contributed by atoms with Crippen LogP contribution in [0.15, 0.2) is 103 Å². The van der Waals surface area contributed by atoms with Gasteiger partial charge in [-0.2, -0.15) is 8.42 Å². The van der Waals surface area contributed by atoms with Crippen LogP contribution in [-0.4, -0.2) is 19.8 Å². The average Bonchev–Trinajstić information content (AvgIpc) is 2.92. The van der Waals surface area contributed by atoms with Crippen molar-refractivity contribution in [3.63, 3.8) is 0 Å². The Kier molecular flexibility index (Phi) is 8.44. The summed E-state index contributed by atoms with van der Waals surface area (Å²) in [5, 5.41) is 0. The van der Waals surface area contributed by atoms with E-state index in [-0.39, 0.29) is 17.8 Å². The van der Waals surface area contributed by atoms with Gasteiger partial charge in [0.05, 0.1) is 0 Å². The smallest absolute Gasteiger partial charge is 0.400 e. The number of benzene rings is 4. The molecule has 0 aliphatic heterocycles. The fourth-order valence-corrected chi connectivity index (χ4v) is 4.85. The SMILES string of the molecule is CC(c1ccccc1)c1cc(C(C)c2ccccc2)c(OCOS(=O)(=O)O)c(C(C)c2ccccc2)c1. The zero-order valence-electron chi connectivity index (χ0n) is 21.2. The first-order valence-corrected chi connectivity index (χ1v) is 13.7. The summed E-state index contributed by atoms with van der Waals surface area (Å²) in [6.45, 7) is 5.76. The Morgan fingerprint density at radius 1 is 0.622 bits per heavy atom. The van der Waals surface area contributed by atoms with Crippen molar-refractivity contribution in [1.82, 2.24) is 0 Å². The molecule has 4 aromatic carbocycles. The van der Waals surface area contributed by atoms with E-state index in [4.69, 9.17) is 9.29 Å². The Bertz CT molecular complexity index is 1340. The number of ether oxygens (including phenoxy) is 1. The van der Waals surface area contributed by atoms with Crippen LogP contribution in [0.5, 0.6) is 5.75 Å². The van der Waals surface area contributed by atoms with E-state index in [1.807, 2.05) is 54.6 Å². The lowest BCUT2D eigenvalue weighted by molar-refractivity contribution is 0.109. The fourth-order valence-electron chi connectivity index (χ4n) is 4.68. The molecule has 0 saturated carbocycles. The minimum absolute atomic E-state index is 0.0495. The van der Waals surface area contributed by atoms with Crippen LogP contribution in [0.2, 0.25) is 0 Å². The van der Waals surface area contributed by atoms with Crippen molar-refractivity contribution in [1.29, 1.82) is 0 Å². The van der Waals surface area contributed by atoms with Crippen LogP contribution in [0.25, 0.3) is 0 Å². The second-order valence-corrected chi connectivity index (χ2v) is 10.3. The van der Waals surface area contributed by atoms with Crippen molar-refractivity contribution in [3.8, 4) is 5.75 Å². The van der Waals surface area contributed by atoms with Crippen LogP contribution < -0.4 is 4.74 Å². The van der Waals surface area contributed by atoms with E-state index in [1.54, 1.807) is 0 Å². The Balaban J connectivity index is 1.90. The van der Waals surface area contributed by atoms with E-state index in [2.05, 4.69) is 73.5 Å². The molecule has 3 atom stereocenters. The van der Waals surface area contributed by atoms with Crippen LogP contribution in [-0.2, 0) is 14.6 Å². The molecule has 0 bridgehead atoms. The molecule has 0 radical (unpaired) electrons. The van der Waals surface area contributed by atoms with Crippen molar-refractivity contribution in [3.05, 3.63) is 137 Å². The zero-order valence-corrected chi connectivity index (χ0v) is 22.1. The average molecular weight is 517 g/mol. The van der Waals surface area contributed by atoms with E-state index in [0.717, 1.165) is 27.8 Å². The Morgan fingerprint density at radius 3 is 1.38 bits per heavy atom. The highest BCUT2D eigenvalue weighted by Crippen LogP contribution is 2.42. The van der Waals surface area contributed by atoms with Crippen LogP contribution in [0.3, 0.4) is 0 Å². The minimum Gasteiger partial charge on any atom is -0.466 e.